The number of piperidine rings is 1. The second-order valence-corrected chi connectivity index (χ2v) is 5.83. The zero-order chi connectivity index (χ0) is 15.5. The molecule has 1 aromatic rings. The van der Waals surface area contributed by atoms with E-state index in [4.69, 9.17) is 0 Å². The molecule has 0 spiro atoms. The van der Waals surface area contributed by atoms with Gasteiger partial charge in [-0.2, -0.15) is 0 Å². The van der Waals surface area contributed by atoms with Crippen LogP contribution in [0.3, 0.4) is 0 Å². The molecule has 3 rings (SSSR count). The summed E-state index contributed by atoms with van der Waals surface area (Å²) in [6.45, 7) is 6.03. The van der Waals surface area contributed by atoms with E-state index < -0.39 is 0 Å². The Morgan fingerprint density at radius 3 is 2.73 bits per heavy atom. The summed E-state index contributed by atoms with van der Waals surface area (Å²) in [6, 6.07) is 5.79. The molecule has 2 amide bonds. The van der Waals surface area contributed by atoms with Crippen molar-refractivity contribution in [1.82, 2.24) is 10.6 Å². The first-order valence-corrected chi connectivity index (χ1v) is 7.80. The number of anilines is 2. The van der Waals surface area contributed by atoms with Gasteiger partial charge in [0.05, 0.1) is 0 Å². The minimum absolute atomic E-state index is 0.186. The average molecular weight is 302 g/mol. The molecule has 118 valence electrons. The van der Waals surface area contributed by atoms with E-state index in [0.29, 0.717) is 12.8 Å². The molecule has 22 heavy (non-hydrogen) atoms. The van der Waals surface area contributed by atoms with E-state index in [1.54, 1.807) is 0 Å². The second-order valence-electron chi connectivity index (χ2n) is 5.83. The fraction of sp³-hybridized carbons (Fsp3) is 0.500. The Bertz CT molecular complexity index is 582. The zero-order valence-corrected chi connectivity index (χ0v) is 12.8. The van der Waals surface area contributed by atoms with Crippen molar-refractivity contribution >= 4 is 23.2 Å². The monoisotopic (exact) mass is 302 g/mol. The molecule has 2 aliphatic heterocycles. The molecule has 0 saturated carbocycles. The molecule has 3 N–H and O–H groups in total. The van der Waals surface area contributed by atoms with Gasteiger partial charge in [0.25, 0.3) is 0 Å². The van der Waals surface area contributed by atoms with Crippen molar-refractivity contribution < 1.29 is 9.59 Å². The minimum atomic E-state index is -0.338. The van der Waals surface area contributed by atoms with Gasteiger partial charge in [0, 0.05) is 44.0 Å². The van der Waals surface area contributed by atoms with Crippen molar-refractivity contribution in [2.24, 2.45) is 0 Å². The highest BCUT2D eigenvalue weighted by molar-refractivity contribution is 6.01. The molecular weight excluding hydrogens is 280 g/mol. The summed E-state index contributed by atoms with van der Waals surface area (Å²) in [4.78, 5) is 25.5. The van der Waals surface area contributed by atoms with Crippen LogP contribution in [0.15, 0.2) is 18.2 Å². The fourth-order valence-corrected chi connectivity index (χ4v) is 3.05. The quantitative estimate of drug-likeness (QED) is 0.714. The number of amides is 2. The Morgan fingerprint density at radius 1 is 1.23 bits per heavy atom. The predicted molar refractivity (Wildman–Crippen MR) is 86.1 cm³/mol. The Balaban J connectivity index is 1.76. The summed E-state index contributed by atoms with van der Waals surface area (Å²) in [5, 5.41) is 9.03. The third kappa shape index (κ3) is 3.06. The highest BCUT2D eigenvalue weighted by Gasteiger charge is 2.27. The van der Waals surface area contributed by atoms with Gasteiger partial charge < -0.3 is 15.5 Å². The molecule has 0 radical (unpaired) electrons. The molecule has 0 aliphatic carbocycles. The maximum absolute atomic E-state index is 11.9. The molecule has 1 atom stereocenters. The molecule has 2 aliphatic rings. The molecule has 0 aromatic heterocycles. The number of piperazine rings is 1. The molecule has 6 nitrogen and oxygen atoms in total. The van der Waals surface area contributed by atoms with Crippen LogP contribution in [-0.2, 0) is 9.59 Å². The van der Waals surface area contributed by atoms with Crippen LogP contribution >= 0.6 is 0 Å². The number of carbonyl (C=O) groups excluding carboxylic acids is 2. The largest absolute Gasteiger partial charge is 0.373 e. The van der Waals surface area contributed by atoms with Gasteiger partial charge in [-0.25, -0.2) is 0 Å². The SMILES string of the molecule is Cc1c(NC2CCC(=O)NC2=O)cccc1N1CCNCC1. The first-order chi connectivity index (χ1) is 10.6. The number of hydrogen-bond acceptors (Lipinski definition) is 5. The van der Waals surface area contributed by atoms with Crippen molar-refractivity contribution in [2.75, 3.05) is 36.4 Å². The van der Waals surface area contributed by atoms with Crippen LogP contribution in [0.4, 0.5) is 11.4 Å². The van der Waals surface area contributed by atoms with Crippen molar-refractivity contribution in [3.05, 3.63) is 23.8 Å². The maximum atomic E-state index is 11.9. The molecular formula is C16H22N4O2. The van der Waals surface area contributed by atoms with Gasteiger partial charge in [-0.15, -0.1) is 0 Å². The van der Waals surface area contributed by atoms with E-state index in [2.05, 4.69) is 33.8 Å². The van der Waals surface area contributed by atoms with Crippen LogP contribution in [0.1, 0.15) is 18.4 Å². The highest BCUT2D eigenvalue weighted by Crippen LogP contribution is 2.28. The molecule has 2 saturated heterocycles. The van der Waals surface area contributed by atoms with E-state index >= 15 is 0 Å². The number of rotatable bonds is 3. The number of benzene rings is 1. The van der Waals surface area contributed by atoms with Gasteiger partial charge in [0.15, 0.2) is 0 Å². The van der Waals surface area contributed by atoms with Gasteiger partial charge in [0.1, 0.15) is 6.04 Å². The van der Waals surface area contributed by atoms with Crippen LogP contribution in [0.2, 0.25) is 0 Å². The van der Waals surface area contributed by atoms with E-state index in [1.807, 2.05) is 12.1 Å². The molecule has 6 heteroatoms. The Kier molecular flexibility index (Phi) is 4.29. The molecule has 2 heterocycles. The Morgan fingerprint density at radius 2 is 2.00 bits per heavy atom. The van der Waals surface area contributed by atoms with Crippen molar-refractivity contribution in [3.8, 4) is 0 Å². The van der Waals surface area contributed by atoms with Gasteiger partial charge in [0.2, 0.25) is 11.8 Å². The normalized spacial score (nSPS) is 22.4. The van der Waals surface area contributed by atoms with Gasteiger partial charge in [-0.05, 0) is 31.0 Å². The van der Waals surface area contributed by atoms with Crippen molar-refractivity contribution in [1.29, 1.82) is 0 Å². The van der Waals surface area contributed by atoms with Crippen LogP contribution in [0, 0.1) is 6.92 Å². The molecule has 1 aromatic carbocycles. The third-order valence-electron chi connectivity index (χ3n) is 4.33. The maximum Gasteiger partial charge on any atom is 0.249 e. The lowest BCUT2D eigenvalue weighted by Crippen LogP contribution is -2.47. The third-order valence-corrected chi connectivity index (χ3v) is 4.33. The molecule has 0 bridgehead atoms. The zero-order valence-electron chi connectivity index (χ0n) is 12.8. The lowest BCUT2D eigenvalue weighted by molar-refractivity contribution is -0.133. The molecule has 2 fully saturated rings. The number of nitrogens with one attached hydrogen (secondary N) is 3. The number of carbonyl (C=O) groups is 2. The lowest BCUT2D eigenvalue weighted by Gasteiger charge is -2.32. The van der Waals surface area contributed by atoms with Crippen LogP contribution in [0.25, 0.3) is 0 Å². The van der Waals surface area contributed by atoms with E-state index in [9.17, 15) is 9.59 Å². The summed E-state index contributed by atoms with van der Waals surface area (Å²) in [6.07, 6.45) is 0.932. The fourth-order valence-electron chi connectivity index (χ4n) is 3.05. The predicted octanol–water partition coefficient (Wildman–Crippen LogP) is 0.622. The first kappa shape index (κ1) is 14.8. The summed E-state index contributed by atoms with van der Waals surface area (Å²) < 4.78 is 0. The smallest absolute Gasteiger partial charge is 0.249 e. The van der Waals surface area contributed by atoms with Gasteiger partial charge in [-0.3, -0.25) is 14.9 Å². The second kappa shape index (κ2) is 6.36. The Labute approximate surface area is 130 Å². The van der Waals surface area contributed by atoms with Crippen molar-refractivity contribution in [3.63, 3.8) is 0 Å². The minimum Gasteiger partial charge on any atom is -0.373 e. The Hall–Kier alpha value is -2.08. The van der Waals surface area contributed by atoms with Crippen LogP contribution in [0.5, 0.6) is 0 Å². The van der Waals surface area contributed by atoms with Crippen LogP contribution < -0.4 is 20.9 Å². The topological polar surface area (TPSA) is 73.5 Å². The summed E-state index contributed by atoms with van der Waals surface area (Å²) in [7, 11) is 0. The summed E-state index contributed by atoms with van der Waals surface area (Å²) in [5.74, 6) is -0.419. The lowest BCUT2D eigenvalue weighted by atomic mass is 10.0. The standard InChI is InChI=1S/C16H22N4O2/c1-11-12(18-13-5-6-15(21)19-16(13)22)3-2-4-14(11)20-9-7-17-8-10-20/h2-4,13,17-18H,5-10H2,1H3,(H,19,21,22). The van der Waals surface area contributed by atoms with Crippen LogP contribution in [-0.4, -0.2) is 44.0 Å². The van der Waals surface area contributed by atoms with E-state index in [0.717, 1.165) is 37.4 Å². The van der Waals surface area contributed by atoms with E-state index in [1.165, 1.54) is 5.69 Å². The molecule has 1 unspecified atom stereocenters. The van der Waals surface area contributed by atoms with Gasteiger partial charge >= 0.3 is 0 Å². The number of imide groups is 1. The van der Waals surface area contributed by atoms with Gasteiger partial charge in [-0.1, -0.05) is 6.07 Å². The number of hydrogen-bond donors (Lipinski definition) is 3. The van der Waals surface area contributed by atoms with Crippen molar-refractivity contribution in [2.45, 2.75) is 25.8 Å². The number of nitrogens with zero attached hydrogens (tertiary/aromatic N) is 1. The summed E-state index contributed by atoms with van der Waals surface area (Å²) in [5.41, 5.74) is 3.32. The summed E-state index contributed by atoms with van der Waals surface area (Å²) >= 11 is 0. The first-order valence-electron chi connectivity index (χ1n) is 7.80. The average Bonchev–Trinajstić information content (AvgIpc) is 2.53. The highest BCUT2D eigenvalue weighted by atomic mass is 16.2. The van der Waals surface area contributed by atoms with E-state index in [-0.39, 0.29) is 17.9 Å².